The van der Waals surface area contributed by atoms with Crippen LogP contribution in [0.25, 0.3) is 0 Å². The van der Waals surface area contributed by atoms with Crippen molar-refractivity contribution in [3.63, 3.8) is 0 Å². The van der Waals surface area contributed by atoms with Gasteiger partial charge in [0, 0.05) is 25.1 Å². The average Bonchev–Trinajstić information content (AvgIpc) is 2.73. The molecule has 0 aliphatic carbocycles. The Kier molecular flexibility index (Phi) is 11.0. The van der Waals surface area contributed by atoms with Gasteiger partial charge < -0.3 is 26.4 Å². The number of ether oxygens (including phenoxy) is 1. The van der Waals surface area contributed by atoms with Crippen molar-refractivity contribution in [2.24, 2.45) is 23.3 Å². The van der Waals surface area contributed by atoms with E-state index in [1.807, 2.05) is 13.8 Å². The summed E-state index contributed by atoms with van der Waals surface area (Å²) in [5.41, 5.74) is 11.6. The number of carbonyl (C=O) groups is 4. The zero-order chi connectivity index (χ0) is 24.4. The second kappa shape index (κ2) is 12.9. The molecule has 5 N–H and O–H groups in total. The highest BCUT2D eigenvalue weighted by molar-refractivity contribution is 7.81. The van der Waals surface area contributed by atoms with E-state index in [2.05, 4.69) is 17.9 Å². The van der Waals surface area contributed by atoms with Crippen LogP contribution in [0.4, 0.5) is 0 Å². The Balaban J connectivity index is 3.17. The Morgan fingerprint density at radius 3 is 2.16 bits per heavy atom. The summed E-state index contributed by atoms with van der Waals surface area (Å²) in [5, 5.41) is 1.87. The predicted molar refractivity (Wildman–Crippen MR) is 125 cm³/mol. The molecule has 9 nitrogen and oxygen atoms in total. The summed E-state index contributed by atoms with van der Waals surface area (Å²) >= 11 is 4.45. The number of primary amides is 2. The molecule has 1 aromatic rings. The molecule has 0 saturated carbocycles. The van der Waals surface area contributed by atoms with Gasteiger partial charge in [0.25, 0.3) is 0 Å². The van der Waals surface area contributed by atoms with Gasteiger partial charge in [-0.15, -0.1) is 0 Å². The van der Waals surface area contributed by atoms with E-state index in [0.29, 0.717) is 12.2 Å². The number of hydrogen-bond donors (Lipinski definition) is 4. The molecule has 4 amide bonds. The fourth-order valence-electron chi connectivity index (χ4n) is 3.45. The highest BCUT2D eigenvalue weighted by Crippen LogP contribution is 2.24. The summed E-state index contributed by atoms with van der Waals surface area (Å²) in [7, 11) is 2.99. The number of thiol groups is 1. The van der Waals surface area contributed by atoms with E-state index in [1.165, 1.54) is 7.05 Å². The number of amides is 4. The molecule has 1 aromatic carbocycles. The van der Waals surface area contributed by atoms with Crippen LogP contribution in [0.15, 0.2) is 24.3 Å². The molecule has 0 bridgehead atoms. The minimum atomic E-state index is -0.981. The van der Waals surface area contributed by atoms with Crippen LogP contribution in [0.1, 0.15) is 32.3 Å². The molecule has 0 heterocycles. The van der Waals surface area contributed by atoms with Crippen LogP contribution < -0.4 is 21.5 Å². The lowest BCUT2D eigenvalue weighted by atomic mass is 9.91. The first kappa shape index (κ1) is 27.3. The summed E-state index contributed by atoms with van der Waals surface area (Å²) in [4.78, 5) is 50.6. The molecule has 0 aliphatic rings. The lowest BCUT2D eigenvalue weighted by molar-refractivity contribution is -0.143. The van der Waals surface area contributed by atoms with E-state index in [1.54, 1.807) is 31.4 Å². The fourth-order valence-corrected chi connectivity index (χ4v) is 3.87. The quantitative estimate of drug-likeness (QED) is 0.313. The number of nitrogens with one attached hydrogen (secondary N) is 1. The van der Waals surface area contributed by atoms with E-state index in [9.17, 15) is 19.2 Å². The maximum Gasteiger partial charge on any atom is 0.242 e. The third-order valence-electron chi connectivity index (χ3n) is 5.10. The van der Waals surface area contributed by atoms with Crippen molar-refractivity contribution < 1.29 is 23.9 Å². The van der Waals surface area contributed by atoms with Gasteiger partial charge in [-0.05, 0) is 30.0 Å². The number of hydrogen-bond acceptors (Lipinski definition) is 6. The van der Waals surface area contributed by atoms with Crippen molar-refractivity contribution in [1.29, 1.82) is 0 Å². The zero-order valence-electron chi connectivity index (χ0n) is 19.0. The molecule has 178 valence electrons. The van der Waals surface area contributed by atoms with E-state index in [4.69, 9.17) is 16.2 Å². The lowest BCUT2D eigenvalue weighted by Gasteiger charge is -2.31. The molecule has 0 radical (unpaired) electrons. The van der Waals surface area contributed by atoms with Crippen molar-refractivity contribution in [3.05, 3.63) is 29.8 Å². The van der Waals surface area contributed by atoms with Gasteiger partial charge >= 0.3 is 0 Å². The Morgan fingerprint density at radius 1 is 1.12 bits per heavy atom. The molecule has 0 fully saturated rings. The molecule has 0 saturated heterocycles. The molecule has 0 aliphatic heterocycles. The lowest BCUT2D eigenvalue weighted by Crippen LogP contribution is -2.53. The second-order valence-electron chi connectivity index (χ2n) is 8.08. The summed E-state index contributed by atoms with van der Waals surface area (Å²) in [5.74, 6) is -2.07. The van der Waals surface area contributed by atoms with E-state index >= 15 is 0 Å². The van der Waals surface area contributed by atoms with Crippen LogP contribution in [0.5, 0.6) is 5.75 Å². The number of likely N-dealkylation sites (N-methyl/N-ethyl adjacent to an activating group) is 1. The minimum Gasteiger partial charge on any atom is -0.497 e. The fraction of sp³-hybridized carbons (Fsp3) is 0.545. The number of methoxy groups -OCH3 is 1. The molecular weight excluding hydrogens is 432 g/mol. The van der Waals surface area contributed by atoms with E-state index < -0.39 is 47.4 Å². The summed E-state index contributed by atoms with van der Waals surface area (Å²) < 4.78 is 5.14. The van der Waals surface area contributed by atoms with Gasteiger partial charge in [0.2, 0.25) is 23.6 Å². The van der Waals surface area contributed by atoms with Crippen molar-refractivity contribution >= 4 is 36.3 Å². The van der Waals surface area contributed by atoms with Crippen LogP contribution in [-0.4, -0.2) is 60.5 Å². The smallest absolute Gasteiger partial charge is 0.242 e. The second-order valence-corrected chi connectivity index (χ2v) is 8.74. The Labute approximate surface area is 194 Å². The van der Waals surface area contributed by atoms with Crippen LogP contribution in [-0.2, 0) is 25.6 Å². The van der Waals surface area contributed by atoms with Crippen LogP contribution in [0.2, 0.25) is 0 Å². The minimum absolute atomic E-state index is 0.158. The largest absolute Gasteiger partial charge is 0.497 e. The third kappa shape index (κ3) is 8.41. The van der Waals surface area contributed by atoms with Crippen LogP contribution in [0, 0.1) is 11.8 Å². The maximum absolute atomic E-state index is 13.2. The van der Waals surface area contributed by atoms with Gasteiger partial charge in [-0.1, -0.05) is 26.0 Å². The number of nitrogens with two attached hydrogens (primary N) is 2. The van der Waals surface area contributed by atoms with Crippen molar-refractivity contribution in [1.82, 2.24) is 10.2 Å². The monoisotopic (exact) mass is 466 g/mol. The molecule has 2 unspecified atom stereocenters. The van der Waals surface area contributed by atoms with Gasteiger partial charge in [0.1, 0.15) is 18.3 Å². The molecular formula is C22H34N4O5S. The molecule has 0 aromatic heterocycles. The topological polar surface area (TPSA) is 145 Å². The van der Waals surface area contributed by atoms with Crippen LogP contribution in [0.3, 0.4) is 0 Å². The Bertz CT molecular complexity index is 800. The van der Waals surface area contributed by atoms with Crippen molar-refractivity contribution in [2.45, 2.75) is 44.4 Å². The molecule has 10 heteroatoms. The Hall–Kier alpha value is -2.75. The molecule has 1 rings (SSSR count). The first-order valence-corrected chi connectivity index (χ1v) is 10.9. The first-order chi connectivity index (χ1) is 15.0. The van der Waals surface area contributed by atoms with E-state index in [-0.39, 0.29) is 18.8 Å². The first-order valence-electron chi connectivity index (χ1n) is 10.4. The molecule has 3 atom stereocenters. The predicted octanol–water partition coefficient (Wildman–Crippen LogP) is 0.502. The highest BCUT2D eigenvalue weighted by atomic mass is 32.1. The maximum atomic E-state index is 13.2. The number of nitrogens with zero attached hydrogens (tertiary/aromatic N) is 1. The van der Waals surface area contributed by atoms with E-state index in [0.717, 1.165) is 10.5 Å². The summed E-state index contributed by atoms with van der Waals surface area (Å²) in [6, 6.07) is 6.04. The summed E-state index contributed by atoms with van der Waals surface area (Å²) in [6.07, 6.45) is 0.454. The standard InChI is InChI=1S/C22H34N4O5S/c1-13(2)9-16(21(24)29)18(32)11-20(28)26(12-19(23)27)17(22(30)25-3)10-14-5-7-15(31-4)8-6-14/h5-8,13,16-18,32H,9-12H2,1-4H3,(H2,23,27)(H2,24,29)(H,25,30)/t16?,17-,18?/m0/s1. The van der Waals surface area contributed by atoms with Gasteiger partial charge in [0.05, 0.1) is 13.0 Å². The number of rotatable bonds is 13. The molecule has 32 heavy (non-hydrogen) atoms. The van der Waals surface area contributed by atoms with Crippen LogP contribution >= 0.6 is 12.6 Å². The normalized spacial score (nSPS) is 13.7. The highest BCUT2D eigenvalue weighted by Gasteiger charge is 2.34. The number of benzene rings is 1. The zero-order valence-corrected chi connectivity index (χ0v) is 19.9. The SMILES string of the molecule is CNC(=O)[C@H](Cc1ccc(OC)cc1)N(CC(N)=O)C(=O)CC(S)C(CC(C)C)C(N)=O. The van der Waals surface area contributed by atoms with Crippen molar-refractivity contribution in [3.8, 4) is 5.75 Å². The van der Waals surface area contributed by atoms with Gasteiger partial charge in [-0.3, -0.25) is 19.2 Å². The molecule has 0 spiro atoms. The third-order valence-corrected chi connectivity index (χ3v) is 5.64. The average molecular weight is 467 g/mol. The van der Waals surface area contributed by atoms with Gasteiger partial charge in [-0.25, -0.2) is 0 Å². The van der Waals surface area contributed by atoms with Crippen molar-refractivity contribution in [2.75, 3.05) is 20.7 Å². The van der Waals surface area contributed by atoms with Gasteiger partial charge in [0.15, 0.2) is 0 Å². The Morgan fingerprint density at radius 2 is 1.72 bits per heavy atom. The number of carbonyl (C=O) groups excluding carboxylic acids is 4. The van der Waals surface area contributed by atoms with Gasteiger partial charge in [-0.2, -0.15) is 12.6 Å². The summed E-state index contributed by atoms with van der Waals surface area (Å²) in [6.45, 7) is 3.43.